The summed E-state index contributed by atoms with van der Waals surface area (Å²) >= 11 is 0. The van der Waals surface area contributed by atoms with Crippen molar-refractivity contribution >= 4 is 11.8 Å². The first-order chi connectivity index (χ1) is 19.5. The van der Waals surface area contributed by atoms with E-state index in [2.05, 4.69) is 58.4 Å². The van der Waals surface area contributed by atoms with Crippen LogP contribution in [0.5, 0.6) is 0 Å². The van der Waals surface area contributed by atoms with E-state index in [0.717, 1.165) is 37.4 Å². The fourth-order valence-corrected chi connectivity index (χ4v) is 5.69. The second kappa shape index (κ2) is 13.2. The Labute approximate surface area is 238 Å². The lowest BCUT2D eigenvalue weighted by molar-refractivity contribution is -0.135. The van der Waals surface area contributed by atoms with E-state index in [1.54, 1.807) is 30.6 Å². The predicted octanol–water partition coefficient (Wildman–Crippen LogP) is 5.08. The molecule has 7 nitrogen and oxygen atoms in total. The van der Waals surface area contributed by atoms with E-state index in [1.807, 2.05) is 17.0 Å². The van der Waals surface area contributed by atoms with Crippen LogP contribution in [-0.4, -0.2) is 70.9 Å². The highest BCUT2D eigenvalue weighted by atomic mass is 16.2. The van der Waals surface area contributed by atoms with Gasteiger partial charge in [0.25, 0.3) is 5.91 Å². The lowest BCUT2D eigenvalue weighted by atomic mass is 10.0. The molecule has 0 unspecified atom stereocenters. The summed E-state index contributed by atoms with van der Waals surface area (Å²) in [5, 5.41) is 3.07. The van der Waals surface area contributed by atoms with Crippen LogP contribution < -0.4 is 5.32 Å². The smallest absolute Gasteiger partial charge is 0.251 e. The Morgan fingerprint density at radius 2 is 1.62 bits per heavy atom. The Balaban J connectivity index is 1.14. The zero-order valence-electron chi connectivity index (χ0n) is 23.8. The second-order valence-corrected chi connectivity index (χ2v) is 11.5. The van der Waals surface area contributed by atoms with Gasteiger partial charge >= 0.3 is 0 Å². The lowest BCUT2D eigenvalue weighted by Crippen LogP contribution is -2.54. The van der Waals surface area contributed by atoms with Crippen LogP contribution in [0.1, 0.15) is 65.9 Å². The first-order valence-electron chi connectivity index (χ1n) is 14.7. The fraction of sp³-hybridized carbons (Fsp3) is 0.455. The molecular formula is C33H41N5O2. The maximum atomic E-state index is 13.5. The summed E-state index contributed by atoms with van der Waals surface area (Å²) in [4.78, 5) is 39.4. The van der Waals surface area contributed by atoms with Crippen LogP contribution in [0.4, 0.5) is 0 Å². The van der Waals surface area contributed by atoms with Crippen molar-refractivity contribution in [2.45, 2.75) is 57.4 Å². The summed E-state index contributed by atoms with van der Waals surface area (Å²) in [6, 6.07) is 17.5. The molecule has 3 atom stereocenters. The predicted molar refractivity (Wildman–Crippen MR) is 158 cm³/mol. The minimum Gasteiger partial charge on any atom is -0.340 e. The van der Waals surface area contributed by atoms with Crippen molar-refractivity contribution in [3.63, 3.8) is 0 Å². The maximum Gasteiger partial charge on any atom is 0.251 e. The van der Waals surface area contributed by atoms with Gasteiger partial charge in [0.2, 0.25) is 5.91 Å². The molecule has 2 fully saturated rings. The molecule has 2 aliphatic rings. The third kappa shape index (κ3) is 7.33. The Bertz CT molecular complexity index is 1250. The first-order valence-corrected chi connectivity index (χ1v) is 14.7. The Morgan fingerprint density at radius 3 is 2.33 bits per heavy atom. The molecule has 1 aromatic heterocycles. The van der Waals surface area contributed by atoms with Crippen molar-refractivity contribution in [1.82, 2.24) is 25.1 Å². The Morgan fingerprint density at radius 1 is 0.925 bits per heavy atom. The lowest BCUT2D eigenvalue weighted by Gasteiger charge is -2.34. The number of aryl methyl sites for hydroxylation is 1. The maximum absolute atomic E-state index is 13.5. The van der Waals surface area contributed by atoms with Gasteiger partial charge in [-0.3, -0.25) is 9.59 Å². The molecule has 2 aromatic carbocycles. The molecule has 1 N–H and O–H groups in total. The number of piperazine rings is 1. The third-order valence-corrected chi connectivity index (χ3v) is 8.39. The zero-order valence-corrected chi connectivity index (χ0v) is 23.8. The van der Waals surface area contributed by atoms with E-state index in [-0.39, 0.29) is 11.8 Å². The minimum atomic E-state index is -0.505. The number of benzene rings is 2. The zero-order chi connectivity index (χ0) is 27.9. The number of likely N-dealkylation sites (N-methyl/N-ethyl adjacent to an activating group) is 1. The topological polar surface area (TPSA) is 78.4 Å². The quantitative estimate of drug-likeness (QED) is 0.344. The molecule has 2 amide bonds. The minimum absolute atomic E-state index is 0.0392. The van der Waals surface area contributed by atoms with Gasteiger partial charge in [-0.2, -0.15) is 0 Å². The molecule has 0 bridgehead atoms. The standard InChI is InChI=1S/C33H41N5O2/c1-24-9-11-25(12-10-24)29-23-28(29)7-4-3-5-8-30(33(40)38-21-19-37(2)20-22-38)36-32(39)27-15-13-26(14-16-27)31-34-17-6-18-35-31/h6,9-18,28-30H,3-5,7-8,19-23H2,1-2H3,(H,36,39)/t28-,29+,30+/m1/s1. The summed E-state index contributed by atoms with van der Waals surface area (Å²) in [7, 11) is 2.08. The number of nitrogens with one attached hydrogen (secondary N) is 1. The van der Waals surface area contributed by atoms with Crippen molar-refractivity contribution in [3.8, 4) is 11.4 Å². The third-order valence-electron chi connectivity index (χ3n) is 8.39. The summed E-state index contributed by atoms with van der Waals surface area (Å²) in [6.45, 7) is 5.26. The monoisotopic (exact) mass is 539 g/mol. The Kier molecular flexibility index (Phi) is 9.22. The van der Waals surface area contributed by atoms with Crippen LogP contribution in [-0.2, 0) is 4.79 Å². The molecule has 1 aliphatic carbocycles. The molecule has 1 aliphatic heterocycles. The van der Waals surface area contributed by atoms with E-state index in [1.165, 1.54) is 30.4 Å². The van der Waals surface area contributed by atoms with Crippen molar-refractivity contribution in [1.29, 1.82) is 0 Å². The van der Waals surface area contributed by atoms with Gasteiger partial charge in [0.1, 0.15) is 6.04 Å². The van der Waals surface area contributed by atoms with Crippen molar-refractivity contribution in [2.24, 2.45) is 5.92 Å². The van der Waals surface area contributed by atoms with Crippen molar-refractivity contribution in [3.05, 3.63) is 83.7 Å². The van der Waals surface area contributed by atoms with E-state index in [4.69, 9.17) is 0 Å². The average Bonchev–Trinajstić information content (AvgIpc) is 3.77. The number of unbranched alkanes of at least 4 members (excludes halogenated alkanes) is 2. The highest BCUT2D eigenvalue weighted by molar-refractivity contribution is 5.97. The number of hydrogen-bond donors (Lipinski definition) is 1. The number of aromatic nitrogens is 2. The highest BCUT2D eigenvalue weighted by Crippen LogP contribution is 2.50. The fourth-order valence-electron chi connectivity index (χ4n) is 5.69. The summed E-state index contributed by atoms with van der Waals surface area (Å²) < 4.78 is 0. The Hall–Kier alpha value is -3.58. The van der Waals surface area contributed by atoms with Gasteiger partial charge < -0.3 is 15.1 Å². The van der Waals surface area contributed by atoms with Crippen LogP contribution in [0.3, 0.4) is 0 Å². The van der Waals surface area contributed by atoms with E-state index in [9.17, 15) is 9.59 Å². The van der Waals surface area contributed by atoms with Gasteiger partial charge in [-0.1, -0.05) is 61.2 Å². The molecule has 3 aromatic rings. The number of rotatable bonds is 11. The molecule has 0 radical (unpaired) electrons. The first kappa shape index (κ1) is 28.0. The van der Waals surface area contributed by atoms with E-state index >= 15 is 0 Å². The highest BCUT2D eigenvalue weighted by Gasteiger charge is 2.37. The van der Waals surface area contributed by atoms with Crippen LogP contribution in [0.15, 0.2) is 67.0 Å². The molecular weight excluding hydrogens is 498 g/mol. The van der Waals surface area contributed by atoms with E-state index < -0.39 is 6.04 Å². The average molecular weight is 540 g/mol. The largest absolute Gasteiger partial charge is 0.340 e. The number of hydrogen-bond acceptors (Lipinski definition) is 5. The molecule has 7 heteroatoms. The van der Waals surface area contributed by atoms with Crippen LogP contribution in [0, 0.1) is 12.8 Å². The second-order valence-electron chi connectivity index (χ2n) is 11.5. The number of amides is 2. The normalized spacial score (nSPS) is 19.7. The van der Waals surface area contributed by atoms with Gasteiger partial charge in [0.15, 0.2) is 5.82 Å². The van der Waals surface area contributed by atoms with Crippen molar-refractivity contribution < 1.29 is 9.59 Å². The van der Waals surface area contributed by atoms with Crippen LogP contribution in [0.25, 0.3) is 11.4 Å². The van der Waals surface area contributed by atoms with E-state index in [0.29, 0.717) is 36.8 Å². The summed E-state index contributed by atoms with van der Waals surface area (Å²) in [5.74, 6) is 1.94. The van der Waals surface area contributed by atoms with Crippen LogP contribution in [0.2, 0.25) is 0 Å². The van der Waals surface area contributed by atoms with Gasteiger partial charge in [-0.05, 0) is 68.8 Å². The number of nitrogens with zero attached hydrogens (tertiary/aromatic N) is 4. The van der Waals surface area contributed by atoms with Gasteiger partial charge in [0.05, 0.1) is 0 Å². The molecule has 1 saturated heterocycles. The number of carbonyl (C=O) groups is 2. The molecule has 210 valence electrons. The SMILES string of the molecule is Cc1ccc([C@@H]2C[C@H]2CCCCC[C@H](NC(=O)c2ccc(-c3ncccn3)cc2)C(=O)N2CCN(C)CC2)cc1. The van der Waals surface area contributed by atoms with Gasteiger partial charge in [-0.15, -0.1) is 0 Å². The molecule has 2 heterocycles. The molecule has 5 rings (SSSR count). The van der Waals surface area contributed by atoms with Crippen molar-refractivity contribution in [2.75, 3.05) is 33.2 Å². The molecule has 0 spiro atoms. The summed E-state index contributed by atoms with van der Waals surface area (Å²) in [5.41, 5.74) is 4.17. The molecule has 40 heavy (non-hydrogen) atoms. The number of carbonyl (C=O) groups excluding carboxylic acids is 2. The molecule has 1 saturated carbocycles. The van der Waals surface area contributed by atoms with Gasteiger partial charge in [-0.25, -0.2) is 9.97 Å². The van der Waals surface area contributed by atoms with Gasteiger partial charge in [0, 0.05) is 49.7 Å². The van der Waals surface area contributed by atoms with Crippen LogP contribution >= 0.6 is 0 Å². The summed E-state index contributed by atoms with van der Waals surface area (Å²) in [6.07, 6.45) is 9.76.